The van der Waals surface area contributed by atoms with Gasteiger partial charge in [0.05, 0.1) is 0 Å². The maximum atomic E-state index is 12.4. The Bertz CT molecular complexity index is 288. The molecule has 1 aliphatic carbocycles. The van der Waals surface area contributed by atoms with Gasteiger partial charge in [0.1, 0.15) is 11.6 Å². The van der Waals surface area contributed by atoms with Crippen LogP contribution in [0.2, 0.25) is 0 Å². The Hall–Kier alpha value is -0.570. The highest BCUT2D eigenvalue weighted by atomic mass is 16.6. The Morgan fingerprint density at radius 2 is 1.84 bits per heavy atom. The van der Waals surface area contributed by atoms with Gasteiger partial charge in [-0.3, -0.25) is 4.79 Å². The SMILES string of the molecule is CCC1(OC(=O)C(CC(C)(C)C)NC)CCCCC1. The first kappa shape index (κ1) is 16.5. The van der Waals surface area contributed by atoms with Crippen molar-refractivity contribution in [1.29, 1.82) is 0 Å². The van der Waals surface area contributed by atoms with Gasteiger partial charge in [-0.15, -0.1) is 0 Å². The van der Waals surface area contributed by atoms with Gasteiger partial charge in [0.2, 0.25) is 0 Å². The summed E-state index contributed by atoms with van der Waals surface area (Å²) >= 11 is 0. The fourth-order valence-corrected chi connectivity index (χ4v) is 2.92. The molecule has 1 N–H and O–H groups in total. The summed E-state index contributed by atoms with van der Waals surface area (Å²) in [6.45, 7) is 8.60. The van der Waals surface area contributed by atoms with Crippen LogP contribution in [0.15, 0.2) is 0 Å². The van der Waals surface area contributed by atoms with Crippen LogP contribution >= 0.6 is 0 Å². The molecule has 3 nitrogen and oxygen atoms in total. The van der Waals surface area contributed by atoms with Gasteiger partial charge in [0, 0.05) is 0 Å². The van der Waals surface area contributed by atoms with Crippen LogP contribution in [-0.2, 0) is 9.53 Å². The van der Waals surface area contributed by atoms with E-state index in [9.17, 15) is 4.79 Å². The minimum atomic E-state index is -0.192. The number of esters is 1. The molecule has 0 aromatic carbocycles. The predicted octanol–water partition coefficient (Wildman–Crippen LogP) is 3.67. The molecule has 0 radical (unpaired) electrons. The largest absolute Gasteiger partial charge is 0.458 e. The molecule has 1 fully saturated rings. The van der Waals surface area contributed by atoms with Crippen molar-refractivity contribution < 1.29 is 9.53 Å². The molecule has 1 saturated carbocycles. The fraction of sp³-hybridized carbons (Fsp3) is 0.938. The maximum Gasteiger partial charge on any atom is 0.323 e. The van der Waals surface area contributed by atoms with Crippen LogP contribution in [0.1, 0.15) is 72.6 Å². The monoisotopic (exact) mass is 269 g/mol. The van der Waals surface area contributed by atoms with Gasteiger partial charge in [0.15, 0.2) is 0 Å². The second-order valence-electron chi connectivity index (χ2n) is 7.12. The molecule has 0 amide bonds. The van der Waals surface area contributed by atoms with Crippen molar-refractivity contribution in [3.63, 3.8) is 0 Å². The zero-order valence-corrected chi connectivity index (χ0v) is 13.3. The van der Waals surface area contributed by atoms with Crippen molar-refractivity contribution in [2.75, 3.05) is 7.05 Å². The van der Waals surface area contributed by atoms with E-state index >= 15 is 0 Å². The number of carbonyl (C=O) groups is 1. The van der Waals surface area contributed by atoms with E-state index in [1.807, 2.05) is 7.05 Å². The van der Waals surface area contributed by atoms with Crippen molar-refractivity contribution in [3.05, 3.63) is 0 Å². The molecule has 0 heterocycles. The zero-order valence-electron chi connectivity index (χ0n) is 13.3. The van der Waals surface area contributed by atoms with E-state index in [1.165, 1.54) is 19.3 Å². The molecule has 0 aliphatic heterocycles. The molecule has 0 aromatic heterocycles. The minimum Gasteiger partial charge on any atom is -0.458 e. The van der Waals surface area contributed by atoms with Gasteiger partial charge >= 0.3 is 5.97 Å². The standard InChI is InChI=1S/C16H31NO2/c1-6-16(10-8-7-9-11-16)19-14(18)13(17-5)12-15(2,3)4/h13,17H,6-12H2,1-5H3. The third kappa shape index (κ3) is 5.13. The lowest BCUT2D eigenvalue weighted by Gasteiger charge is -2.37. The molecule has 112 valence electrons. The minimum absolute atomic E-state index is 0.0684. The van der Waals surface area contributed by atoms with Crippen molar-refractivity contribution in [2.24, 2.45) is 5.41 Å². The zero-order chi connectivity index (χ0) is 14.5. The van der Waals surface area contributed by atoms with Crippen LogP contribution in [0.4, 0.5) is 0 Å². The van der Waals surface area contributed by atoms with Crippen LogP contribution in [0.25, 0.3) is 0 Å². The predicted molar refractivity (Wildman–Crippen MR) is 79.1 cm³/mol. The van der Waals surface area contributed by atoms with Gasteiger partial charge in [-0.25, -0.2) is 0 Å². The summed E-state index contributed by atoms with van der Waals surface area (Å²) in [4.78, 5) is 12.4. The Morgan fingerprint density at radius 3 is 2.26 bits per heavy atom. The van der Waals surface area contributed by atoms with E-state index < -0.39 is 0 Å². The quantitative estimate of drug-likeness (QED) is 0.774. The number of likely N-dealkylation sites (N-methyl/N-ethyl adjacent to an activating group) is 1. The van der Waals surface area contributed by atoms with Crippen LogP contribution in [0.3, 0.4) is 0 Å². The average molecular weight is 269 g/mol. The van der Waals surface area contributed by atoms with Crippen molar-refractivity contribution in [3.8, 4) is 0 Å². The summed E-state index contributed by atoms with van der Waals surface area (Å²) in [5.41, 5.74) is -0.0685. The lowest BCUT2D eigenvalue weighted by atomic mass is 9.82. The van der Waals surface area contributed by atoms with E-state index in [2.05, 4.69) is 33.0 Å². The molecule has 1 rings (SSSR count). The molecule has 0 aromatic rings. The number of hydrogen-bond donors (Lipinski definition) is 1. The van der Waals surface area contributed by atoms with E-state index in [1.54, 1.807) is 0 Å². The van der Waals surface area contributed by atoms with E-state index in [4.69, 9.17) is 4.74 Å². The van der Waals surface area contributed by atoms with E-state index in [-0.39, 0.29) is 23.0 Å². The summed E-state index contributed by atoms with van der Waals surface area (Å²) in [7, 11) is 1.84. The summed E-state index contributed by atoms with van der Waals surface area (Å²) in [5, 5.41) is 3.11. The molecule has 1 unspecified atom stereocenters. The van der Waals surface area contributed by atoms with Gasteiger partial charge in [0.25, 0.3) is 0 Å². The Balaban J connectivity index is 2.64. The number of hydrogen-bond acceptors (Lipinski definition) is 3. The van der Waals surface area contributed by atoms with Crippen LogP contribution in [0.5, 0.6) is 0 Å². The molecule has 0 bridgehead atoms. The first-order chi connectivity index (χ1) is 8.82. The number of ether oxygens (including phenoxy) is 1. The van der Waals surface area contributed by atoms with Crippen LogP contribution < -0.4 is 5.32 Å². The van der Waals surface area contributed by atoms with Crippen molar-refractivity contribution in [1.82, 2.24) is 5.32 Å². The molecule has 3 heteroatoms. The highest BCUT2D eigenvalue weighted by molar-refractivity contribution is 5.76. The van der Waals surface area contributed by atoms with Gasteiger partial charge in [-0.05, 0) is 51.0 Å². The first-order valence-electron chi connectivity index (χ1n) is 7.72. The highest BCUT2D eigenvalue weighted by Crippen LogP contribution is 2.35. The molecular formula is C16H31NO2. The average Bonchev–Trinajstić information content (AvgIpc) is 2.36. The normalized spacial score (nSPS) is 20.9. The van der Waals surface area contributed by atoms with Crippen LogP contribution in [-0.4, -0.2) is 24.7 Å². The highest BCUT2D eigenvalue weighted by Gasteiger charge is 2.36. The Labute approximate surface area is 118 Å². The number of rotatable bonds is 5. The molecule has 1 aliphatic rings. The molecule has 1 atom stereocenters. The topological polar surface area (TPSA) is 38.3 Å². The number of nitrogens with one attached hydrogen (secondary N) is 1. The Kier molecular flexibility index (Phi) is 5.84. The lowest BCUT2D eigenvalue weighted by Crippen LogP contribution is -2.45. The smallest absolute Gasteiger partial charge is 0.323 e. The first-order valence-corrected chi connectivity index (χ1v) is 7.72. The summed E-state index contributed by atoms with van der Waals surface area (Å²) in [6.07, 6.45) is 7.45. The van der Waals surface area contributed by atoms with Crippen molar-refractivity contribution in [2.45, 2.75) is 84.3 Å². The molecule has 0 saturated heterocycles. The van der Waals surface area contributed by atoms with Crippen molar-refractivity contribution >= 4 is 5.97 Å². The van der Waals surface area contributed by atoms with Crippen LogP contribution in [0, 0.1) is 5.41 Å². The fourth-order valence-electron chi connectivity index (χ4n) is 2.92. The third-order valence-corrected chi connectivity index (χ3v) is 4.18. The summed E-state index contributed by atoms with van der Waals surface area (Å²) in [5.74, 6) is -0.0684. The number of carbonyl (C=O) groups excluding carboxylic acids is 1. The summed E-state index contributed by atoms with van der Waals surface area (Å²) in [6, 6.07) is -0.189. The molecular weight excluding hydrogens is 238 g/mol. The second kappa shape index (κ2) is 6.74. The molecule has 19 heavy (non-hydrogen) atoms. The van der Waals surface area contributed by atoms with Gasteiger partial charge < -0.3 is 10.1 Å². The van der Waals surface area contributed by atoms with E-state index in [0.29, 0.717) is 0 Å². The third-order valence-electron chi connectivity index (χ3n) is 4.18. The Morgan fingerprint density at radius 1 is 1.26 bits per heavy atom. The van der Waals surface area contributed by atoms with E-state index in [0.717, 1.165) is 25.7 Å². The van der Waals surface area contributed by atoms with Gasteiger partial charge in [-0.1, -0.05) is 34.1 Å². The molecule has 0 spiro atoms. The lowest BCUT2D eigenvalue weighted by molar-refractivity contribution is -0.167. The summed E-state index contributed by atoms with van der Waals surface area (Å²) < 4.78 is 5.93. The van der Waals surface area contributed by atoms with Gasteiger partial charge in [-0.2, -0.15) is 0 Å². The maximum absolute atomic E-state index is 12.4. The second-order valence-corrected chi connectivity index (χ2v) is 7.12.